The van der Waals surface area contributed by atoms with E-state index >= 15 is 0 Å². The van der Waals surface area contributed by atoms with Crippen molar-refractivity contribution < 1.29 is 17.9 Å². The van der Waals surface area contributed by atoms with Gasteiger partial charge in [-0.1, -0.05) is 12.1 Å². The second kappa shape index (κ2) is 8.12. The molecular weight excluding hydrogens is 420 g/mol. The second-order valence-corrected chi connectivity index (χ2v) is 9.62. The average molecular weight is 443 g/mol. The molecule has 0 aliphatic carbocycles. The van der Waals surface area contributed by atoms with Crippen LogP contribution in [-0.2, 0) is 16.4 Å². The molecule has 3 aromatic rings. The molecule has 0 radical (unpaired) electrons. The lowest BCUT2D eigenvalue weighted by Crippen LogP contribution is -2.28. The number of amides is 1. The molecule has 2 aromatic carbocycles. The van der Waals surface area contributed by atoms with Gasteiger partial charge in [-0.05, 0) is 73.2 Å². The third kappa shape index (κ3) is 3.93. The molecule has 30 heavy (non-hydrogen) atoms. The molecule has 1 aliphatic heterocycles. The zero-order valence-electron chi connectivity index (χ0n) is 16.7. The monoisotopic (exact) mass is 442 g/mol. The maximum atomic E-state index is 12.9. The summed E-state index contributed by atoms with van der Waals surface area (Å²) >= 11 is 1.40. The molecule has 0 saturated heterocycles. The summed E-state index contributed by atoms with van der Waals surface area (Å²) in [4.78, 5) is 15.3. The fraction of sp³-hybridized carbons (Fsp3) is 0.227. The minimum atomic E-state index is -3.77. The van der Waals surface area contributed by atoms with E-state index in [-0.39, 0.29) is 10.8 Å². The molecule has 0 spiro atoms. The normalized spacial score (nSPS) is 13.2. The van der Waals surface area contributed by atoms with Crippen molar-refractivity contribution in [1.82, 2.24) is 0 Å². The van der Waals surface area contributed by atoms with Gasteiger partial charge in [0.05, 0.1) is 22.1 Å². The summed E-state index contributed by atoms with van der Waals surface area (Å²) in [5.41, 5.74) is 2.95. The molecular formula is C22H22N2O4S2. The summed E-state index contributed by atoms with van der Waals surface area (Å²) in [6, 6.07) is 13.8. The fourth-order valence-corrected chi connectivity index (χ4v) is 5.31. The number of fused-ring (bicyclic) bond motifs is 1. The van der Waals surface area contributed by atoms with Gasteiger partial charge in [-0.2, -0.15) is 0 Å². The minimum absolute atomic E-state index is 0.0640. The van der Waals surface area contributed by atoms with Gasteiger partial charge < -0.3 is 9.64 Å². The van der Waals surface area contributed by atoms with Gasteiger partial charge in [0, 0.05) is 12.2 Å². The Labute approximate surface area is 180 Å². The number of rotatable bonds is 6. The summed E-state index contributed by atoms with van der Waals surface area (Å²) in [6.07, 6.45) is 0.748. The number of thiophene rings is 1. The Morgan fingerprint density at radius 3 is 2.73 bits per heavy atom. The Hall–Kier alpha value is -2.84. The highest BCUT2D eigenvalue weighted by Gasteiger charge is 2.27. The van der Waals surface area contributed by atoms with Crippen LogP contribution in [-0.4, -0.2) is 27.5 Å². The van der Waals surface area contributed by atoms with Crippen LogP contribution in [0.1, 0.15) is 27.7 Å². The molecule has 4 rings (SSSR count). The highest BCUT2D eigenvalue weighted by atomic mass is 32.2. The Kier molecular flexibility index (Phi) is 5.53. The number of aryl methyl sites for hydroxylation is 1. The summed E-state index contributed by atoms with van der Waals surface area (Å²) in [6.45, 7) is 4.79. The summed E-state index contributed by atoms with van der Waals surface area (Å²) in [7, 11) is -3.77. The lowest BCUT2D eigenvalue weighted by molar-refractivity contribution is 0.0993. The SMILES string of the molecule is CCOc1ccc(S(=O)(=O)Nc2ccc3c(c2)N(C(=O)c2cccs2)CC3)cc1C. The molecule has 0 atom stereocenters. The van der Waals surface area contributed by atoms with E-state index in [1.807, 2.05) is 31.4 Å². The summed E-state index contributed by atoms with van der Waals surface area (Å²) in [5, 5.41) is 1.87. The van der Waals surface area contributed by atoms with E-state index in [0.29, 0.717) is 29.5 Å². The van der Waals surface area contributed by atoms with Crippen molar-refractivity contribution in [1.29, 1.82) is 0 Å². The van der Waals surface area contributed by atoms with Gasteiger partial charge in [0.1, 0.15) is 5.75 Å². The van der Waals surface area contributed by atoms with E-state index < -0.39 is 10.0 Å². The van der Waals surface area contributed by atoms with Gasteiger partial charge >= 0.3 is 0 Å². The van der Waals surface area contributed by atoms with Crippen LogP contribution in [0.3, 0.4) is 0 Å². The molecule has 0 fully saturated rings. The predicted molar refractivity (Wildman–Crippen MR) is 119 cm³/mol. The van der Waals surface area contributed by atoms with Crippen LogP contribution in [0.5, 0.6) is 5.75 Å². The van der Waals surface area contributed by atoms with Crippen molar-refractivity contribution in [2.45, 2.75) is 25.2 Å². The molecule has 1 N–H and O–H groups in total. The van der Waals surface area contributed by atoms with Gasteiger partial charge in [0.15, 0.2) is 0 Å². The number of anilines is 2. The predicted octanol–water partition coefficient (Wildman–Crippen LogP) is 4.46. The highest BCUT2D eigenvalue weighted by Crippen LogP contribution is 2.33. The average Bonchev–Trinajstić information content (AvgIpc) is 3.38. The number of nitrogens with zero attached hydrogens (tertiary/aromatic N) is 1. The van der Waals surface area contributed by atoms with Crippen molar-refractivity contribution in [3.63, 3.8) is 0 Å². The first-order chi connectivity index (χ1) is 14.4. The third-order valence-corrected chi connectivity index (χ3v) is 7.20. The number of ether oxygens (including phenoxy) is 1. The van der Waals surface area contributed by atoms with Crippen molar-refractivity contribution >= 4 is 38.6 Å². The minimum Gasteiger partial charge on any atom is -0.494 e. The van der Waals surface area contributed by atoms with Crippen LogP contribution in [0.4, 0.5) is 11.4 Å². The number of carbonyl (C=O) groups excluding carboxylic acids is 1. The molecule has 1 amide bonds. The van der Waals surface area contributed by atoms with Crippen molar-refractivity contribution in [2.24, 2.45) is 0 Å². The molecule has 156 valence electrons. The van der Waals surface area contributed by atoms with Crippen LogP contribution >= 0.6 is 11.3 Å². The van der Waals surface area contributed by atoms with E-state index in [1.54, 1.807) is 35.2 Å². The van der Waals surface area contributed by atoms with E-state index in [9.17, 15) is 13.2 Å². The smallest absolute Gasteiger partial charge is 0.268 e. The number of carbonyl (C=O) groups is 1. The van der Waals surface area contributed by atoms with E-state index in [1.165, 1.54) is 17.4 Å². The van der Waals surface area contributed by atoms with Gasteiger partial charge in [0.2, 0.25) is 0 Å². The number of sulfonamides is 1. The van der Waals surface area contributed by atoms with E-state index in [4.69, 9.17) is 4.74 Å². The molecule has 0 unspecified atom stereocenters. The van der Waals surface area contributed by atoms with Crippen LogP contribution in [0, 0.1) is 6.92 Å². The van der Waals surface area contributed by atoms with Crippen LogP contribution in [0.25, 0.3) is 0 Å². The van der Waals surface area contributed by atoms with Gasteiger partial charge in [-0.15, -0.1) is 11.3 Å². The maximum Gasteiger partial charge on any atom is 0.268 e. The Bertz CT molecular complexity index is 1190. The lowest BCUT2D eigenvalue weighted by Gasteiger charge is -2.18. The Morgan fingerprint density at radius 1 is 1.20 bits per heavy atom. The first-order valence-electron chi connectivity index (χ1n) is 9.63. The number of nitrogens with one attached hydrogen (secondary N) is 1. The van der Waals surface area contributed by atoms with E-state index in [0.717, 1.165) is 23.2 Å². The first kappa shape index (κ1) is 20.4. The quantitative estimate of drug-likeness (QED) is 0.612. The van der Waals surface area contributed by atoms with Crippen LogP contribution in [0.15, 0.2) is 58.8 Å². The van der Waals surface area contributed by atoms with Crippen molar-refractivity contribution in [3.05, 3.63) is 69.9 Å². The lowest BCUT2D eigenvalue weighted by atomic mass is 10.1. The number of hydrogen-bond donors (Lipinski definition) is 1. The van der Waals surface area contributed by atoms with Gasteiger partial charge in [0.25, 0.3) is 15.9 Å². The molecule has 8 heteroatoms. The van der Waals surface area contributed by atoms with E-state index in [2.05, 4.69) is 4.72 Å². The van der Waals surface area contributed by atoms with Gasteiger partial charge in [-0.3, -0.25) is 9.52 Å². The maximum absolute atomic E-state index is 12.9. The van der Waals surface area contributed by atoms with Crippen LogP contribution < -0.4 is 14.4 Å². The Morgan fingerprint density at radius 2 is 2.03 bits per heavy atom. The fourth-order valence-electron chi connectivity index (χ4n) is 3.51. The Balaban J connectivity index is 1.59. The third-order valence-electron chi connectivity index (χ3n) is 4.97. The first-order valence-corrected chi connectivity index (χ1v) is 12.0. The summed E-state index contributed by atoms with van der Waals surface area (Å²) < 4.78 is 33.9. The highest BCUT2D eigenvalue weighted by molar-refractivity contribution is 7.92. The zero-order chi connectivity index (χ0) is 21.3. The second-order valence-electron chi connectivity index (χ2n) is 6.99. The number of benzene rings is 2. The molecule has 1 aromatic heterocycles. The van der Waals surface area contributed by atoms with Crippen molar-refractivity contribution in [3.8, 4) is 5.75 Å². The molecule has 1 aliphatic rings. The van der Waals surface area contributed by atoms with Gasteiger partial charge in [-0.25, -0.2) is 8.42 Å². The topological polar surface area (TPSA) is 75.7 Å². The van der Waals surface area contributed by atoms with Crippen LogP contribution in [0.2, 0.25) is 0 Å². The van der Waals surface area contributed by atoms with Crippen molar-refractivity contribution in [2.75, 3.05) is 22.8 Å². The zero-order valence-corrected chi connectivity index (χ0v) is 18.3. The molecule has 6 nitrogen and oxygen atoms in total. The number of hydrogen-bond acceptors (Lipinski definition) is 5. The summed E-state index contributed by atoms with van der Waals surface area (Å²) in [5.74, 6) is 0.600. The molecule has 0 saturated carbocycles. The largest absolute Gasteiger partial charge is 0.494 e. The molecule has 0 bridgehead atoms. The standard InChI is InChI=1S/C22H22N2O4S2/c1-3-28-20-9-8-18(13-15(20)2)30(26,27)23-17-7-6-16-10-11-24(19(16)14-17)22(25)21-5-4-12-29-21/h4-9,12-14,23H,3,10-11H2,1-2H3. The molecule has 2 heterocycles.